The Hall–Kier alpha value is -1.22. The lowest BCUT2D eigenvalue weighted by Crippen LogP contribution is -2.18. The molecule has 1 aromatic rings. The minimum Gasteiger partial charge on any atom is -0.386 e. The molecule has 0 radical (unpaired) electrons. The number of hydrogen-bond acceptors (Lipinski definition) is 3. The van der Waals surface area contributed by atoms with Gasteiger partial charge in [-0.05, 0) is 18.6 Å². The van der Waals surface area contributed by atoms with Crippen molar-refractivity contribution in [2.45, 2.75) is 19.4 Å². The summed E-state index contributed by atoms with van der Waals surface area (Å²) < 4.78 is 0. The predicted molar refractivity (Wildman–Crippen MR) is 44.6 cm³/mol. The maximum Gasteiger partial charge on any atom is 0.165 e. The van der Waals surface area contributed by atoms with E-state index in [-0.39, 0.29) is 12.2 Å². The van der Waals surface area contributed by atoms with Gasteiger partial charge in [0.2, 0.25) is 0 Å². The summed E-state index contributed by atoms with van der Waals surface area (Å²) in [6.07, 6.45) is 2.65. The van der Waals surface area contributed by atoms with Crippen LogP contribution in [0.4, 0.5) is 0 Å². The predicted octanol–water partition coefficient (Wildman–Crippen LogP) is 0.574. The molecule has 0 saturated carbocycles. The molecule has 1 atom stereocenters. The molecule has 1 unspecified atom stereocenters. The lowest BCUT2D eigenvalue weighted by Gasteiger charge is -2.01. The number of pyridine rings is 1. The van der Waals surface area contributed by atoms with Crippen LogP contribution < -0.4 is 0 Å². The van der Waals surface area contributed by atoms with Crippen LogP contribution >= 0.6 is 0 Å². The number of carbonyl (C=O) groups excluding carboxylic acids is 1. The summed E-state index contributed by atoms with van der Waals surface area (Å²) in [5.74, 6) is -0.178. The highest BCUT2D eigenvalue weighted by molar-refractivity contribution is 5.84. The number of Topliss-reactive ketones (excluding diaryl/α,β-unsaturated/α-hetero) is 1. The molecular weight excluding hydrogens is 154 g/mol. The first-order valence-corrected chi connectivity index (χ1v) is 3.80. The molecule has 12 heavy (non-hydrogen) atoms. The van der Waals surface area contributed by atoms with E-state index < -0.39 is 6.10 Å². The van der Waals surface area contributed by atoms with Crippen LogP contribution in [0.3, 0.4) is 0 Å². The third kappa shape index (κ3) is 2.43. The number of aliphatic hydroxyl groups is 1. The van der Waals surface area contributed by atoms with Crippen molar-refractivity contribution in [2.24, 2.45) is 0 Å². The summed E-state index contributed by atoms with van der Waals surface area (Å²) in [6.45, 7) is 1.47. The van der Waals surface area contributed by atoms with Crippen molar-refractivity contribution < 1.29 is 9.90 Å². The zero-order valence-corrected chi connectivity index (χ0v) is 6.90. The largest absolute Gasteiger partial charge is 0.386 e. The number of ketones is 1. The number of hydrogen-bond donors (Lipinski definition) is 1. The van der Waals surface area contributed by atoms with Crippen molar-refractivity contribution in [1.82, 2.24) is 4.98 Å². The second-order valence-electron chi connectivity index (χ2n) is 2.68. The quantitative estimate of drug-likeness (QED) is 0.712. The number of rotatable bonds is 3. The monoisotopic (exact) mass is 165 g/mol. The summed E-state index contributed by atoms with van der Waals surface area (Å²) >= 11 is 0. The van der Waals surface area contributed by atoms with Gasteiger partial charge < -0.3 is 5.11 Å². The fourth-order valence-corrected chi connectivity index (χ4v) is 0.852. The normalized spacial score (nSPS) is 12.5. The number of aromatic nitrogens is 1. The Kier molecular flexibility index (Phi) is 2.94. The van der Waals surface area contributed by atoms with E-state index in [1.165, 1.54) is 6.92 Å². The van der Waals surface area contributed by atoms with Gasteiger partial charge in [-0.2, -0.15) is 0 Å². The smallest absolute Gasteiger partial charge is 0.165 e. The second-order valence-corrected chi connectivity index (χ2v) is 2.68. The zero-order valence-electron chi connectivity index (χ0n) is 6.90. The summed E-state index contributed by atoms with van der Waals surface area (Å²) in [5.41, 5.74) is 0.836. The van der Waals surface area contributed by atoms with E-state index in [1.807, 2.05) is 6.07 Å². The van der Waals surface area contributed by atoms with Gasteiger partial charge in [-0.1, -0.05) is 6.07 Å². The molecular formula is C9H11NO2. The lowest BCUT2D eigenvalue weighted by molar-refractivity contribution is -0.125. The van der Waals surface area contributed by atoms with E-state index in [0.29, 0.717) is 0 Å². The second kappa shape index (κ2) is 3.97. The molecule has 0 aliphatic heterocycles. The maximum absolute atomic E-state index is 11.0. The van der Waals surface area contributed by atoms with Crippen LogP contribution in [0.5, 0.6) is 0 Å². The highest BCUT2D eigenvalue weighted by Crippen LogP contribution is 1.99. The molecule has 0 amide bonds. The first kappa shape index (κ1) is 8.87. The first-order valence-electron chi connectivity index (χ1n) is 3.80. The van der Waals surface area contributed by atoms with Crippen LogP contribution in [0.25, 0.3) is 0 Å². The zero-order chi connectivity index (χ0) is 8.97. The van der Waals surface area contributed by atoms with Crippen LogP contribution in [0.2, 0.25) is 0 Å². The Labute approximate surface area is 71.1 Å². The van der Waals surface area contributed by atoms with Crippen molar-refractivity contribution in [3.63, 3.8) is 0 Å². The van der Waals surface area contributed by atoms with Crippen molar-refractivity contribution in [2.75, 3.05) is 0 Å². The molecule has 64 valence electrons. The number of aliphatic hydroxyl groups excluding tert-OH is 1. The third-order valence-corrected chi connectivity index (χ3v) is 1.57. The topological polar surface area (TPSA) is 50.2 Å². The Balaban J connectivity index is 2.59. The average molecular weight is 165 g/mol. The highest BCUT2D eigenvalue weighted by Gasteiger charge is 2.08. The molecule has 1 rings (SSSR count). The summed E-state index contributed by atoms with van der Waals surface area (Å²) in [4.78, 5) is 14.9. The average Bonchev–Trinajstić information content (AvgIpc) is 2.06. The summed E-state index contributed by atoms with van der Waals surface area (Å²) in [5, 5.41) is 8.91. The summed E-state index contributed by atoms with van der Waals surface area (Å²) in [7, 11) is 0. The highest BCUT2D eigenvalue weighted by atomic mass is 16.3. The van der Waals surface area contributed by atoms with Crippen LogP contribution in [-0.2, 0) is 11.2 Å². The van der Waals surface area contributed by atoms with Gasteiger partial charge in [0.25, 0.3) is 0 Å². The maximum atomic E-state index is 11.0. The molecule has 0 aliphatic rings. The van der Waals surface area contributed by atoms with Crippen molar-refractivity contribution in [1.29, 1.82) is 0 Å². The van der Waals surface area contributed by atoms with Crippen LogP contribution in [0.15, 0.2) is 24.5 Å². The molecule has 0 aliphatic carbocycles. The molecule has 3 nitrogen and oxygen atoms in total. The molecule has 3 heteroatoms. The van der Waals surface area contributed by atoms with E-state index in [2.05, 4.69) is 4.98 Å². The van der Waals surface area contributed by atoms with Crippen LogP contribution in [0.1, 0.15) is 12.5 Å². The van der Waals surface area contributed by atoms with Gasteiger partial charge >= 0.3 is 0 Å². The van der Waals surface area contributed by atoms with Crippen LogP contribution in [0, 0.1) is 0 Å². The van der Waals surface area contributed by atoms with E-state index in [4.69, 9.17) is 5.11 Å². The van der Waals surface area contributed by atoms with Gasteiger partial charge in [-0.3, -0.25) is 9.78 Å². The number of nitrogens with zero attached hydrogens (tertiary/aromatic N) is 1. The van der Waals surface area contributed by atoms with Gasteiger partial charge in [0, 0.05) is 18.8 Å². The van der Waals surface area contributed by atoms with Crippen molar-refractivity contribution in [3.8, 4) is 0 Å². The van der Waals surface area contributed by atoms with Gasteiger partial charge in [-0.25, -0.2) is 0 Å². The molecule has 0 bridgehead atoms. The molecule has 0 fully saturated rings. The fraction of sp³-hybridized carbons (Fsp3) is 0.333. The Morgan fingerprint density at radius 2 is 2.50 bits per heavy atom. The molecule has 0 saturated heterocycles. The van der Waals surface area contributed by atoms with Crippen molar-refractivity contribution in [3.05, 3.63) is 30.1 Å². The first-order chi connectivity index (χ1) is 5.70. The van der Waals surface area contributed by atoms with Crippen LogP contribution in [-0.4, -0.2) is 22.0 Å². The summed E-state index contributed by atoms with van der Waals surface area (Å²) in [6, 6.07) is 3.58. The molecule has 0 spiro atoms. The molecule has 1 heterocycles. The van der Waals surface area contributed by atoms with E-state index in [9.17, 15) is 4.79 Å². The standard InChI is InChI=1S/C9H11NO2/c1-7(11)9(12)5-8-3-2-4-10-6-8/h2-4,6-7,11H,5H2,1H3. The minimum atomic E-state index is -0.884. The lowest BCUT2D eigenvalue weighted by atomic mass is 10.1. The van der Waals surface area contributed by atoms with Gasteiger partial charge in [0.15, 0.2) is 5.78 Å². The van der Waals surface area contributed by atoms with Gasteiger partial charge in [0.1, 0.15) is 6.10 Å². The van der Waals surface area contributed by atoms with Gasteiger partial charge in [-0.15, -0.1) is 0 Å². The Morgan fingerprint density at radius 3 is 3.00 bits per heavy atom. The molecule has 1 N–H and O–H groups in total. The SMILES string of the molecule is CC(O)C(=O)Cc1cccnc1. The van der Waals surface area contributed by atoms with E-state index >= 15 is 0 Å². The van der Waals surface area contributed by atoms with Gasteiger partial charge in [0.05, 0.1) is 0 Å². The Bertz CT molecular complexity index is 256. The molecule has 0 aromatic carbocycles. The Morgan fingerprint density at radius 1 is 1.75 bits per heavy atom. The fourth-order valence-electron chi connectivity index (χ4n) is 0.852. The van der Waals surface area contributed by atoms with Crippen molar-refractivity contribution >= 4 is 5.78 Å². The minimum absolute atomic E-state index is 0.178. The third-order valence-electron chi connectivity index (χ3n) is 1.57. The van der Waals surface area contributed by atoms with E-state index in [0.717, 1.165) is 5.56 Å². The number of carbonyl (C=O) groups is 1. The van der Waals surface area contributed by atoms with E-state index in [1.54, 1.807) is 18.5 Å². The molecule has 1 aromatic heterocycles.